The van der Waals surface area contributed by atoms with Crippen LogP contribution in [0.1, 0.15) is 12.8 Å². The number of ether oxygens (including phenoxy) is 1. The van der Waals surface area contributed by atoms with Gasteiger partial charge >= 0.3 is 0 Å². The lowest BCUT2D eigenvalue weighted by molar-refractivity contribution is -0.133. The average molecular weight is 315 g/mol. The molecule has 0 aliphatic carbocycles. The molecule has 0 N–H and O–H groups in total. The largest absolute Gasteiger partial charge is 0.379 e. The van der Waals surface area contributed by atoms with E-state index >= 15 is 0 Å². The van der Waals surface area contributed by atoms with Gasteiger partial charge in [0.1, 0.15) is 0 Å². The van der Waals surface area contributed by atoms with Crippen LogP contribution in [0.3, 0.4) is 0 Å². The minimum atomic E-state index is 0.341. The topological polar surface area (TPSA) is 36.0 Å². The van der Waals surface area contributed by atoms with E-state index in [2.05, 4.69) is 21.0 Å². The molecule has 0 aromatic rings. The third-order valence-corrected chi connectivity index (χ3v) is 4.90. The molecule has 0 atom stereocenters. The smallest absolute Gasteiger partial charge is 0.222 e. The number of thioether (sulfide) groups is 1. The van der Waals surface area contributed by atoms with Crippen LogP contribution in [0.25, 0.3) is 0 Å². The maximum Gasteiger partial charge on any atom is 0.222 e. The summed E-state index contributed by atoms with van der Waals surface area (Å²) >= 11 is 1.89. The Balaban J connectivity index is 1.56. The zero-order chi connectivity index (χ0) is 14.9. The van der Waals surface area contributed by atoms with Gasteiger partial charge in [0, 0.05) is 58.0 Å². The Morgan fingerprint density at radius 1 is 1.00 bits per heavy atom. The monoisotopic (exact) mass is 315 g/mol. The fraction of sp³-hybridized carbons (Fsp3) is 0.933. The molecule has 2 aliphatic heterocycles. The molecular weight excluding hydrogens is 286 g/mol. The van der Waals surface area contributed by atoms with Crippen LogP contribution in [0.5, 0.6) is 0 Å². The molecule has 2 aliphatic rings. The first-order chi connectivity index (χ1) is 10.3. The highest BCUT2D eigenvalue weighted by Crippen LogP contribution is 2.07. The van der Waals surface area contributed by atoms with Gasteiger partial charge in [-0.1, -0.05) is 0 Å². The van der Waals surface area contributed by atoms with Crippen LogP contribution in [0.4, 0.5) is 0 Å². The normalized spacial score (nSPS) is 21.7. The molecule has 0 aromatic heterocycles. The van der Waals surface area contributed by atoms with E-state index in [1.807, 2.05) is 11.8 Å². The van der Waals surface area contributed by atoms with Crippen molar-refractivity contribution in [1.82, 2.24) is 14.7 Å². The van der Waals surface area contributed by atoms with Crippen molar-refractivity contribution in [1.29, 1.82) is 0 Å². The zero-order valence-electron chi connectivity index (χ0n) is 13.3. The third kappa shape index (κ3) is 6.14. The van der Waals surface area contributed by atoms with Gasteiger partial charge in [0.25, 0.3) is 0 Å². The highest BCUT2D eigenvalue weighted by atomic mass is 32.2. The first-order valence-corrected chi connectivity index (χ1v) is 9.48. The Hall–Kier alpha value is -0.300. The number of morpholine rings is 1. The van der Waals surface area contributed by atoms with Gasteiger partial charge in [-0.15, -0.1) is 0 Å². The molecule has 2 fully saturated rings. The fourth-order valence-corrected chi connectivity index (χ4v) is 3.32. The second-order valence-electron chi connectivity index (χ2n) is 5.77. The number of piperazine rings is 1. The molecule has 21 heavy (non-hydrogen) atoms. The molecule has 2 saturated heterocycles. The SMILES string of the molecule is CSCCN1CCN(C(=O)CCCN2CCOCC2)CC1. The molecule has 5 nitrogen and oxygen atoms in total. The Morgan fingerprint density at radius 2 is 1.67 bits per heavy atom. The molecule has 0 radical (unpaired) electrons. The van der Waals surface area contributed by atoms with Crippen LogP contribution in [0.15, 0.2) is 0 Å². The van der Waals surface area contributed by atoms with E-state index < -0.39 is 0 Å². The number of hydrogen-bond donors (Lipinski definition) is 0. The maximum absolute atomic E-state index is 12.2. The Morgan fingerprint density at radius 3 is 2.33 bits per heavy atom. The maximum atomic E-state index is 12.2. The second kappa shape index (κ2) is 9.66. The van der Waals surface area contributed by atoms with Crippen molar-refractivity contribution >= 4 is 17.7 Å². The molecule has 0 aromatic carbocycles. The molecule has 2 rings (SSSR count). The predicted molar refractivity (Wildman–Crippen MR) is 87.9 cm³/mol. The van der Waals surface area contributed by atoms with Gasteiger partial charge < -0.3 is 9.64 Å². The van der Waals surface area contributed by atoms with Crippen LogP contribution < -0.4 is 0 Å². The van der Waals surface area contributed by atoms with Gasteiger partial charge in [0.05, 0.1) is 13.2 Å². The second-order valence-corrected chi connectivity index (χ2v) is 6.76. The summed E-state index contributed by atoms with van der Waals surface area (Å²) in [5.74, 6) is 1.53. The van der Waals surface area contributed by atoms with E-state index in [0.717, 1.165) is 72.0 Å². The van der Waals surface area contributed by atoms with Crippen LogP contribution in [-0.4, -0.2) is 98.2 Å². The minimum absolute atomic E-state index is 0.341. The number of carbonyl (C=O) groups is 1. The Kier molecular flexibility index (Phi) is 7.85. The zero-order valence-corrected chi connectivity index (χ0v) is 14.1. The number of nitrogens with zero attached hydrogens (tertiary/aromatic N) is 3. The van der Waals surface area contributed by atoms with Crippen molar-refractivity contribution in [2.45, 2.75) is 12.8 Å². The van der Waals surface area contributed by atoms with E-state index in [9.17, 15) is 4.79 Å². The molecule has 122 valence electrons. The Bertz CT molecular complexity index is 303. The van der Waals surface area contributed by atoms with E-state index in [4.69, 9.17) is 4.74 Å². The summed E-state index contributed by atoms with van der Waals surface area (Å²) in [6, 6.07) is 0. The fourth-order valence-electron chi connectivity index (χ4n) is 2.88. The van der Waals surface area contributed by atoms with E-state index in [-0.39, 0.29) is 0 Å². The highest BCUT2D eigenvalue weighted by molar-refractivity contribution is 7.98. The number of amides is 1. The summed E-state index contributed by atoms with van der Waals surface area (Å²) in [7, 11) is 0. The lowest BCUT2D eigenvalue weighted by Crippen LogP contribution is -2.49. The standard InChI is InChI=1S/C15H29N3O2S/c1-21-14-11-17-5-7-18(8-6-17)15(19)3-2-4-16-9-12-20-13-10-16/h2-14H2,1H3. The van der Waals surface area contributed by atoms with Gasteiger partial charge in [-0.05, 0) is 19.2 Å². The minimum Gasteiger partial charge on any atom is -0.379 e. The molecule has 6 heteroatoms. The summed E-state index contributed by atoms with van der Waals surface area (Å²) in [5.41, 5.74) is 0. The summed E-state index contributed by atoms with van der Waals surface area (Å²) in [4.78, 5) is 19.1. The van der Waals surface area contributed by atoms with E-state index in [0.29, 0.717) is 12.3 Å². The molecule has 0 bridgehead atoms. The third-order valence-electron chi connectivity index (χ3n) is 4.31. The van der Waals surface area contributed by atoms with Gasteiger partial charge in [-0.25, -0.2) is 0 Å². The molecule has 1 amide bonds. The number of carbonyl (C=O) groups excluding carboxylic acids is 1. The summed E-state index contributed by atoms with van der Waals surface area (Å²) in [6.45, 7) is 9.78. The van der Waals surface area contributed by atoms with Crippen LogP contribution in [-0.2, 0) is 9.53 Å². The van der Waals surface area contributed by atoms with Gasteiger partial charge in [0.2, 0.25) is 5.91 Å². The van der Waals surface area contributed by atoms with Crippen molar-refractivity contribution in [3.05, 3.63) is 0 Å². The molecule has 0 saturated carbocycles. The lowest BCUT2D eigenvalue weighted by Gasteiger charge is -2.35. The number of rotatable bonds is 7. The first kappa shape index (κ1) is 17.1. The van der Waals surface area contributed by atoms with E-state index in [1.54, 1.807) is 0 Å². The lowest BCUT2D eigenvalue weighted by atomic mass is 10.2. The van der Waals surface area contributed by atoms with Crippen LogP contribution in [0, 0.1) is 0 Å². The van der Waals surface area contributed by atoms with Gasteiger partial charge in [-0.3, -0.25) is 14.6 Å². The number of hydrogen-bond acceptors (Lipinski definition) is 5. The van der Waals surface area contributed by atoms with Gasteiger partial charge in [-0.2, -0.15) is 11.8 Å². The highest BCUT2D eigenvalue weighted by Gasteiger charge is 2.20. The molecule has 0 unspecified atom stereocenters. The van der Waals surface area contributed by atoms with Crippen molar-refractivity contribution in [3.63, 3.8) is 0 Å². The summed E-state index contributed by atoms with van der Waals surface area (Å²) < 4.78 is 5.34. The van der Waals surface area contributed by atoms with Gasteiger partial charge in [0.15, 0.2) is 0 Å². The Labute approximate surface area is 133 Å². The van der Waals surface area contributed by atoms with E-state index in [1.165, 1.54) is 5.75 Å². The average Bonchev–Trinajstić information content (AvgIpc) is 2.54. The van der Waals surface area contributed by atoms with Crippen molar-refractivity contribution in [2.75, 3.05) is 77.6 Å². The quantitative estimate of drug-likeness (QED) is 0.688. The van der Waals surface area contributed by atoms with Crippen molar-refractivity contribution < 1.29 is 9.53 Å². The molecule has 2 heterocycles. The van der Waals surface area contributed by atoms with Crippen LogP contribution in [0.2, 0.25) is 0 Å². The molecular formula is C15H29N3O2S. The van der Waals surface area contributed by atoms with Crippen molar-refractivity contribution in [2.24, 2.45) is 0 Å². The summed E-state index contributed by atoms with van der Waals surface area (Å²) in [5, 5.41) is 0. The molecule has 0 spiro atoms. The van der Waals surface area contributed by atoms with Crippen LogP contribution >= 0.6 is 11.8 Å². The van der Waals surface area contributed by atoms with Crippen molar-refractivity contribution in [3.8, 4) is 0 Å². The summed E-state index contributed by atoms with van der Waals surface area (Å²) in [6.07, 6.45) is 3.82. The first-order valence-electron chi connectivity index (χ1n) is 8.09. The predicted octanol–water partition coefficient (Wildman–Crippen LogP) is 0.606.